The lowest BCUT2D eigenvalue weighted by molar-refractivity contribution is 0.545. The van der Waals surface area contributed by atoms with Gasteiger partial charge >= 0.3 is 0 Å². The van der Waals surface area contributed by atoms with Crippen LogP contribution in [0.5, 0.6) is 0 Å². The van der Waals surface area contributed by atoms with Crippen LogP contribution in [0, 0.1) is 5.92 Å². The largest absolute Gasteiger partial charge is 0.443 e. The van der Waals surface area contributed by atoms with E-state index in [0.717, 1.165) is 28.0 Å². The van der Waals surface area contributed by atoms with Crippen LogP contribution in [0.1, 0.15) is 19.5 Å². The number of halogens is 2. The zero-order chi connectivity index (χ0) is 13.8. The Kier molecular flexibility index (Phi) is 5.02. The maximum atomic E-state index is 6.29. The van der Waals surface area contributed by atoms with Crippen LogP contribution in [0.15, 0.2) is 33.5 Å². The van der Waals surface area contributed by atoms with Crippen molar-refractivity contribution in [3.05, 3.63) is 39.8 Å². The Balaban J connectivity index is 2.21. The van der Waals surface area contributed by atoms with Gasteiger partial charge in [-0.1, -0.05) is 31.5 Å². The molecule has 0 aliphatic heterocycles. The molecule has 1 aromatic carbocycles. The van der Waals surface area contributed by atoms with Gasteiger partial charge in [0.05, 0.1) is 5.02 Å². The average Bonchev–Trinajstić information content (AvgIpc) is 2.80. The van der Waals surface area contributed by atoms with E-state index in [0.29, 0.717) is 17.5 Å². The molecular weight excluding hydrogens is 328 g/mol. The topological polar surface area (TPSA) is 38.1 Å². The second kappa shape index (κ2) is 6.55. The Morgan fingerprint density at radius 1 is 1.42 bits per heavy atom. The summed E-state index contributed by atoms with van der Waals surface area (Å²) in [7, 11) is 0. The summed E-state index contributed by atoms with van der Waals surface area (Å²) in [5.74, 6) is 1.33. The van der Waals surface area contributed by atoms with E-state index in [-0.39, 0.29) is 0 Å². The molecule has 1 N–H and O–H groups in total. The predicted molar refractivity (Wildman–Crippen MR) is 81.2 cm³/mol. The maximum absolute atomic E-state index is 6.29. The zero-order valence-corrected chi connectivity index (χ0v) is 13.3. The summed E-state index contributed by atoms with van der Waals surface area (Å²) >= 11 is 9.70. The third-order valence-corrected chi connectivity index (χ3v) is 3.98. The van der Waals surface area contributed by atoms with Crippen LogP contribution in [0.4, 0.5) is 0 Å². The second-order valence-corrected chi connectivity index (χ2v) is 5.99. The number of nitrogens with zero attached hydrogens (tertiary/aromatic N) is 1. The molecule has 0 saturated heterocycles. The van der Waals surface area contributed by atoms with Crippen LogP contribution >= 0.6 is 27.5 Å². The molecule has 2 aromatic rings. The molecule has 1 heterocycles. The van der Waals surface area contributed by atoms with E-state index in [4.69, 9.17) is 16.0 Å². The molecule has 0 saturated carbocycles. The zero-order valence-electron chi connectivity index (χ0n) is 10.9. The van der Waals surface area contributed by atoms with E-state index in [1.54, 1.807) is 0 Å². The van der Waals surface area contributed by atoms with Crippen LogP contribution < -0.4 is 5.32 Å². The van der Waals surface area contributed by atoms with Gasteiger partial charge < -0.3 is 9.73 Å². The highest BCUT2D eigenvalue weighted by Crippen LogP contribution is 2.35. The Bertz CT molecular complexity index is 554. The van der Waals surface area contributed by atoms with E-state index >= 15 is 0 Å². The lowest BCUT2D eigenvalue weighted by Gasteiger charge is -2.08. The summed E-state index contributed by atoms with van der Waals surface area (Å²) < 4.78 is 6.34. The van der Waals surface area contributed by atoms with Crippen LogP contribution in [-0.2, 0) is 6.54 Å². The number of hydrogen-bond donors (Lipinski definition) is 1. The summed E-state index contributed by atoms with van der Waals surface area (Å²) in [5, 5.41) is 4.00. The van der Waals surface area contributed by atoms with Gasteiger partial charge in [-0.3, -0.25) is 0 Å². The molecule has 0 atom stereocenters. The second-order valence-electron chi connectivity index (χ2n) is 4.75. The fourth-order valence-corrected chi connectivity index (χ4v) is 2.35. The molecule has 102 valence electrons. The molecule has 19 heavy (non-hydrogen) atoms. The van der Waals surface area contributed by atoms with Crippen LogP contribution in [0.25, 0.3) is 11.3 Å². The lowest BCUT2D eigenvalue weighted by atomic mass is 10.1. The van der Waals surface area contributed by atoms with Crippen molar-refractivity contribution in [2.45, 2.75) is 20.4 Å². The van der Waals surface area contributed by atoms with Gasteiger partial charge in [-0.05, 0) is 40.5 Å². The molecule has 0 aliphatic carbocycles. The first kappa shape index (κ1) is 14.6. The molecule has 0 fully saturated rings. The Morgan fingerprint density at radius 2 is 2.21 bits per heavy atom. The SMILES string of the molecule is CC(C)CNCc1ncoc1-c1cccc(Br)c1Cl. The Labute approximate surface area is 126 Å². The van der Waals surface area contributed by atoms with E-state index in [1.165, 1.54) is 6.39 Å². The summed E-state index contributed by atoms with van der Waals surface area (Å²) in [6.07, 6.45) is 1.46. The monoisotopic (exact) mass is 342 g/mol. The summed E-state index contributed by atoms with van der Waals surface area (Å²) in [5.41, 5.74) is 1.73. The molecule has 0 amide bonds. The minimum absolute atomic E-state index is 0.602. The van der Waals surface area contributed by atoms with Gasteiger partial charge in [-0.25, -0.2) is 4.98 Å². The molecule has 3 nitrogen and oxygen atoms in total. The van der Waals surface area contributed by atoms with Crippen molar-refractivity contribution < 1.29 is 4.42 Å². The van der Waals surface area contributed by atoms with Gasteiger partial charge in [0, 0.05) is 16.6 Å². The standard InChI is InChI=1S/C14H16BrClN2O/c1-9(2)6-17-7-12-14(19-8-18-12)10-4-3-5-11(15)13(10)16/h3-5,8-9,17H,6-7H2,1-2H3. The first-order chi connectivity index (χ1) is 9.09. The third kappa shape index (κ3) is 3.59. The number of benzene rings is 1. The van der Waals surface area contributed by atoms with Gasteiger partial charge in [-0.2, -0.15) is 0 Å². The summed E-state index contributed by atoms with van der Waals surface area (Å²) in [6, 6.07) is 5.76. The average molecular weight is 344 g/mol. The van der Waals surface area contributed by atoms with Crippen LogP contribution in [0.2, 0.25) is 5.02 Å². The molecule has 0 radical (unpaired) electrons. The van der Waals surface area contributed by atoms with Gasteiger partial charge in [0.25, 0.3) is 0 Å². The first-order valence-electron chi connectivity index (χ1n) is 6.17. The van der Waals surface area contributed by atoms with E-state index in [1.807, 2.05) is 18.2 Å². The molecule has 0 aliphatic rings. The number of hydrogen-bond acceptors (Lipinski definition) is 3. The molecule has 0 spiro atoms. The van der Waals surface area contributed by atoms with Gasteiger partial charge in [-0.15, -0.1) is 0 Å². The fraction of sp³-hybridized carbons (Fsp3) is 0.357. The third-order valence-electron chi connectivity index (χ3n) is 2.68. The summed E-state index contributed by atoms with van der Waals surface area (Å²) in [6.45, 7) is 5.95. The molecule has 1 aromatic heterocycles. The van der Waals surface area contributed by atoms with Crippen molar-refractivity contribution in [2.24, 2.45) is 5.92 Å². The molecule has 0 bridgehead atoms. The van der Waals surface area contributed by atoms with Gasteiger partial charge in [0.1, 0.15) is 5.69 Å². The van der Waals surface area contributed by atoms with Gasteiger partial charge in [0.2, 0.25) is 0 Å². The lowest BCUT2D eigenvalue weighted by Crippen LogP contribution is -2.19. The van der Waals surface area contributed by atoms with Crippen molar-refractivity contribution in [2.75, 3.05) is 6.54 Å². The fourth-order valence-electron chi connectivity index (χ4n) is 1.77. The number of aromatic nitrogens is 1. The first-order valence-corrected chi connectivity index (χ1v) is 7.34. The molecule has 0 unspecified atom stereocenters. The van der Waals surface area contributed by atoms with Crippen LogP contribution in [-0.4, -0.2) is 11.5 Å². The van der Waals surface area contributed by atoms with Crippen molar-refractivity contribution in [1.29, 1.82) is 0 Å². The highest BCUT2D eigenvalue weighted by molar-refractivity contribution is 9.10. The quantitative estimate of drug-likeness (QED) is 0.868. The number of nitrogens with one attached hydrogen (secondary N) is 1. The van der Waals surface area contributed by atoms with E-state index in [2.05, 4.69) is 40.1 Å². The highest BCUT2D eigenvalue weighted by Gasteiger charge is 2.15. The highest BCUT2D eigenvalue weighted by atomic mass is 79.9. The van der Waals surface area contributed by atoms with Gasteiger partial charge in [0.15, 0.2) is 12.2 Å². The summed E-state index contributed by atoms with van der Waals surface area (Å²) in [4.78, 5) is 4.26. The maximum Gasteiger partial charge on any atom is 0.181 e. The number of rotatable bonds is 5. The minimum atomic E-state index is 0.602. The van der Waals surface area contributed by atoms with Crippen molar-refractivity contribution >= 4 is 27.5 Å². The smallest absolute Gasteiger partial charge is 0.181 e. The Morgan fingerprint density at radius 3 is 2.95 bits per heavy atom. The predicted octanol–water partition coefficient (Wildman–Crippen LogP) is 4.50. The van der Waals surface area contributed by atoms with Crippen molar-refractivity contribution in [3.63, 3.8) is 0 Å². The molecule has 5 heteroatoms. The van der Waals surface area contributed by atoms with Crippen molar-refractivity contribution in [3.8, 4) is 11.3 Å². The van der Waals surface area contributed by atoms with Crippen LogP contribution in [0.3, 0.4) is 0 Å². The Hall–Kier alpha value is -0.840. The number of oxazole rings is 1. The minimum Gasteiger partial charge on any atom is -0.443 e. The van der Waals surface area contributed by atoms with E-state index < -0.39 is 0 Å². The van der Waals surface area contributed by atoms with E-state index in [9.17, 15) is 0 Å². The van der Waals surface area contributed by atoms with Crippen molar-refractivity contribution in [1.82, 2.24) is 10.3 Å². The normalized spacial score (nSPS) is 11.2. The molecule has 2 rings (SSSR count). The molecular formula is C14H16BrClN2O.